The number of benzene rings is 2. The molecular formula is C21H28N2. The Hall–Kier alpha value is -1.64. The van der Waals surface area contributed by atoms with E-state index in [9.17, 15) is 0 Å². The maximum Gasteiger partial charge on any atom is 0.0234 e. The summed E-state index contributed by atoms with van der Waals surface area (Å²) >= 11 is 0. The van der Waals surface area contributed by atoms with E-state index in [1.807, 2.05) is 0 Å². The molecule has 1 atom stereocenters. The number of nitrogens with zero attached hydrogens (tertiary/aromatic N) is 2. The molecule has 1 heterocycles. The Morgan fingerprint density at radius 3 is 2.00 bits per heavy atom. The lowest BCUT2D eigenvalue weighted by atomic mass is 9.97. The summed E-state index contributed by atoms with van der Waals surface area (Å²) < 4.78 is 0. The molecule has 0 aliphatic carbocycles. The molecule has 0 bridgehead atoms. The first kappa shape index (κ1) is 16.2. The monoisotopic (exact) mass is 308 g/mol. The Bertz CT molecular complexity index is 559. The highest BCUT2D eigenvalue weighted by Crippen LogP contribution is 2.19. The highest BCUT2D eigenvalue weighted by molar-refractivity contribution is 5.18. The molecule has 2 aromatic rings. The Kier molecular flexibility index (Phi) is 5.84. The molecule has 1 aliphatic heterocycles. The van der Waals surface area contributed by atoms with Crippen molar-refractivity contribution in [3.05, 3.63) is 71.8 Å². The van der Waals surface area contributed by atoms with Gasteiger partial charge in [0.25, 0.3) is 0 Å². The van der Waals surface area contributed by atoms with Crippen molar-refractivity contribution in [2.24, 2.45) is 0 Å². The highest BCUT2D eigenvalue weighted by atomic mass is 15.3. The van der Waals surface area contributed by atoms with Gasteiger partial charge in [0.05, 0.1) is 0 Å². The predicted molar refractivity (Wildman–Crippen MR) is 97.6 cm³/mol. The summed E-state index contributed by atoms with van der Waals surface area (Å²) in [6.07, 6.45) is 1.25. The van der Waals surface area contributed by atoms with Crippen molar-refractivity contribution in [2.75, 3.05) is 32.7 Å². The molecule has 1 saturated heterocycles. The van der Waals surface area contributed by atoms with Crippen molar-refractivity contribution >= 4 is 0 Å². The highest BCUT2D eigenvalue weighted by Gasteiger charge is 2.17. The minimum absolute atomic E-state index is 0.651. The molecule has 0 N–H and O–H groups in total. The summed E-state index contributed by atoms with van der Waals surface area (Å²) in [7, 11) is 0. The number of piperazine rings is 1. The zero-order chi connectivity index (χ0) is 15.9. The molecule has 1 aliphatic rings. The number of hydrogen-bond acceptors (Lipinski definition) is 2. The first-order valence-corrected chi connectivity index (χ1v) is 8.85. The second kappa shape index (κ2) is 8.28. The van der Waals surface area contributed by atoms with Gasteiger partial charge in [0.2, 0.25) is 0 Å². The third kappa shape index (κ3) is 4.92. The van der Waals surface area contributed by atoms with Crippen molar-refractivity contribution in [3.63, 3.8) is 0 Å². The van der Waals surface area contributed by atoms with Gasteiger partial charge in [0, 0.05) is 32.7 Å². The van der Waals surface area contributed by atoms with Crippen LogP contribution in [0.2, 0.25) is 0 Å². The Morgan fingerprint density at radius 1 is 0.783 bits per heavy atom. The fourth-order valence-electron chi connectivity index (χ4n) is 3.34. The molecule has 2 nitrogen and oxygen atoms in total. The topological polar surface area (TPSA) is 6.48 Å². The second-order valence-corrected chi connectivity index (χ2v) is 6.70. The van der Waals surface area contributed by atoms with Crippen molar-refractivity contribution < 1.29 is 0 Å². The van der Waals surface area contributed by atoms with E-state index < -0.39 is 0 Å². The van der Waals surface area contributed by atoms with Gasteiger partial charge in [-0.15, -0.1) is 0 Å². The first-order valence-electron chi connectivity index (χ1n) is 8.85. The molecule has 0 aromatic heterocycles. The molecule has 2 heteroatoms. The molecule has 3 rings (SSSR count). The molecule has 23 heavy (non-hydrogen) atoms. The van der Waals surface area contributed by atoms with Crippen LogP contribution in [-0.4, -0.2) is 42.5 Å². The third-order valence-electron chi connectivity index (χ3n) is 4.96. The van der Waals surface area contributed by atoms with E-state index in [1.54, 1.807) is 0 Å². The van der Waals surface area contributed by atoms with Crippen molar-refractivity contribution in [1.29, 1.82) is 0 Å². The third-order valence-corrected chi connectivity index (χ3v) is 4.96. The van der Waals surface area contributed by atoms with E-state index >= 15 is 0 Å². The fraction of sp³-hybridized carbons (Fsp3) is 0.429. The summed E-state index contributed by atoms with van der Waals surface area (Å²) in [6, 6.07) is 21.7. The van der Waals surface area contributed by atoms with Crippen molar-refractivity contribution in [3.8, 4) is 0 Å². The largest absolute Gasteiger partial charge is 0.301 e. The molecule has 2 aromatic carbocycles. The average Bonchev–Trinajstić information content (AvgIpc) is 2.62. The van der Waals surface area contributed by atoms with Crippen LogP contribution in [0.15, 0.2) is 60.7 Å². The summed E-state index contributed by atoms with van der Waals surface area (Å²) in [5.74, 6) is 0.651. The molecule has 0 spiro atoms. The van der Waals surface area contributed by atoms with E-state index in [0.29, 0.717) is 5.92 Å². The Balaban J connectivity index is 1.39. The summed E-state index contributed by atoms with van der Waals surface area (Å²) in [4.78, 5) is 5.20. The lowest BCUT2D eigenvalue weighted by molar-refractivity contribution is 0.125. The SMILES string of the molecule is C[C@H](CCN1CCN(Cc2ccccc2)CC1)c1ccccc1. The maximum atomic E-state index is 2.63. The molecule has 0 saturated carbocycles. The van der Waals surface area contributed by atoms with Gasteiger partial charge in [-0.05, 0) is 30.0 Å². The van der Waals surface area contributed by atoms with Gasteiger partial charge >= 0.3 is 0 Å². The van der Waals surface area contributed by atoms with Gasteiger partial charge in [-0.3, -0.25) is 4.90 Å². The van der Waals surface area contributed by atoms with E-state index in [4.69, 9.17) is 0 Å². The van der Waals surface area contributed by atoms with Crippen LogP contribution in [0.4, 0.5) is 0 Å². The molecule has 0 unspecified atom stereocenters. The van der Waals surface area contributed by atoms with Crippen LogP contribution < -0.4 is 0 Å². The van der Waals surface area contributed by atoms with Gasteiger partial charge in [-0.2, -0.15) is 0 Å². The van der Waals surface area contributed by atoms with Gasteiger partial charge in [-0.25, -0.2) is 0 Å². The molecule has 0 amide bonds. The van der Waals surface area contributed by atoms with E-state index in [2.05, 4.69) is 77.4 Å². The lowest BCUT2D eigenvalue weighted by Crippen LogP contribution is -2.46. The first-order chi connectivity index (χ1) is 11.3. The quantitative estimate of drug-likeness (QED) is 0.796. The Labute approximate surface area is 140 Å². The van der Waals surface area contributed by atoms with Crippen LogP contribution in [0.3, 0.4) is 0 Å². The molecule has 0 radical (unpaired) electrons. The number of hydrogen-bond donors (Lipinski definition) is 0. The van der Waals surface area contributed by atoms with Crippen LogP contribution in [0.25, 0.3) is 0 Å². The maximum absolute atomic E-state index is 2.63. The van der Waals surface area contributed by atoms with Gasteiger partial charge < -0.3 is 4.90 Å². The van der Waals surface area contributed by atoms with E-state index in [-0.39, 0.29) is 0 Å². The molecule has 122 valence electrons. The van der Waals surface area contributed by atoms with Crippen LogP contribution in [0.5, 0.6) is 0 Å². The molecule has 1 fully saturated rings. The van der Waals surface area contributed by atoms with Gasteiger partial charge in [0.1, 0.15) is 0 Å². The standard InChI is InChI=1S/C21H28N2/c1-19(21-10-6-3-7-11-21)12-13-22-14-16-23(17-15-22)18-20-8-4-2-5-9-20/h2-11,19H,12-18H2,1H3/t19-/m1/s1. The van der Waals surface area contributed by atoms with Crippen LogP contribution in [0.1, 0.15) is 30.4 Å². The normalized spacial score (nSPS) is 18.0. The predicted octanol–water partition coefficient (Wildman–Crippen LogP) is 4.00. The van der Waals surface area contributed by atoms with E-state index in [0.717, 1.165) is 6.54 Å². The minimum Gasteiger partial charge on any atom is -0.301 e. The van der Waals surface area contributed by atoms with Crippen LogP contribution in [0, 0.1) is 0 Å². The summed E-state index contributed by atoms with van der Waals surface area (Å²) in [5, 5.41) is 0. The molecular weight excluding hydrogens is 280 g/mol. The number of rotatable bonds is 6. The van der Waals surface area contributed by atoms with Crippen molar-refractivity contribution in [2.45, 2.75) is 25.8 Å². The zero-order valence-electron chi connectivity index (χ0n) is 14.2. The minimum atomic E-state index is 0.651. The van der Waals surface area contributed by atoms with Gasteiger partial charge in [0.15, 0.2) is 0 Å². The van der Waals surface area contributed by atoms with E-state index in [1.165, 1.54) is 50.3 Å². The van der Waals surface area contributed by atoms with Gasteiger partial charge in [-0.1, -0.05) is 67.6 Å². The van der Waals surface area contributed by atoms with Crippen LogP contribution >= 0.6 is 0 Å². The smallest absolute Gasteiger partial charge is 0.0234 e. The average molecular weight is 308 g/mol. The van der Waals surface area contributed by atoms with Crippen molar-refractivity contribution in [1.82, 2.24) is 9.80 Å². The second-order valence-electron chi connectivity index (χ2n) is 6.70. The summed E-state index contributed by atoms with van der Waals surface area (Å²) in [5.41, 5.74) is 2.90. The summed E-state index contributed by atoms with van der Waals surface area (Å²) in [6.45, 7) is 9.44. The lowest BCUT2D eigenvalue weighted by Gasteiger charge is -2.35. The fourth-order valence-corrected chi connectivity index (χ4v) is 3.34. The zero-order valence-corrected chi connectivity index (χ0v) is 14.2. The Morgan fingerprint density at radius 2 is 1.35 bits per heavy atom. The van der Waals surface area contributed by atoms with Crippen LogP contribution in [-0.2, 0) is 6.54 Å².